The third-order valence-corrected chi connectivity index (χ3v) is 2.51. The molecule has 2 heterocycles. The second kappa shape index (κ2) is 1.55. The maximum atomic E-state index is 5.26. The Labute approximate surface area is 64.8 Å². The topological polar surface area (TPSA) is 37.2 Å². The molecule has 2 aliphatic rings. The first kappa shape index (κ1) is 5.52. The molecule has 2 N–H and O–H groups in total. The molecule has 3 rings (SSSR count). The lowest BCUT2D eigenvalue weighted by Crippen LogP contribution is -2.34. The van der Waals surface area contributed by atoms with Gasteiger partial charge in [0.05, 0.1) is 17.5 Å². The summed E-state index contributed by atoms with van der Waals surface area (Å²) in [5.41, 5.74) is 1.44. The first-order valence-corrected chi connectivity index (χ1v) is 3.98. The largest absolute Gasteiger partial charge is 0.447 e. The van der Waals surface area contributed by atoms with Crippen LogP contribution in [0.25, 0.3) is 0 Å². The van der Waals surface area contributed by atoms with Gasteiger partial charge in [-0.15, -0.1) is 0 Å². The Hall–Kier alpha value is -1.12. The van der Waals surface area contributed by atoms with E-state index in [0.29, 0.717) is 5.54 Å². The van der Waals surface area contributed by atoms with Gasteiger partial charge in [0.2, 0.25) is 5.88 Å². The molecule has 0 unspecified atom stereocenters. The van der Waals surface area contributed by atoms with E-state index in [-0.39, 0.29) is 0 Å². The summed E-state index contributed by atoms with van der Waals surface area (Å²) >= 11 is 0. The first-order valence-electron chi connectivity index (χ1n) is 3.98. The smallest absolute Gasteiger partial charge is 0.216 e. The van der Waals surface area contributed by atoms with E-state index >= 15 is 0 Å². The summed E-state index contributed by atoms with van der Waals surface area (Å²) in [5.74, 6) is 0.911. The normalized spacial score (nSPS) is 23.6. The van der Waals surface area contributed by atoms with E-state index in [1.54, 1.807) is 6.26 Å². The quantitative estimate of drug-likeness (QED) is 0.590. The molecule has 0 radical (unpaired) electrons. The number of fused-ring (bicyclic) bond motifs is 1. The van der Waals surface area contributed by atoms with Crippen molar-refractivity contribution in [3.8, 4) is 0 Å². The Balaban J connectivity index is 2.00. The van der Waals surface area contributed by atoms with E-state index in [0.717, 1.165) is 18.1 Å². The zero-order valence-electron chi connectivity index (χ0n) is 6.18. The van der Waals surface area contributed by atoms with Crippen LogP contribution in [0.4, 0.5) is 11.6 Å². The van der Waals surface area contributed by atoms with Crippen LogP contribution in [0.1, 0.15) is 12.8 Å². The van der Waals surface area contributed by atoms with Gasteiger partial charge in [-0.25, -0.2) is 0 Å². The molecule has 0 bridgehead atoms. The maximum Gasteiger partial charge on any atom is 0.216 e. The van der Waals surface area contributed by atoms with Crippen molar-refractivity contribution < 1.29 is 4.42 Å². The minimum absolute atomic E-state index is 0.338. The molecule has 3 heteroatoms. The molecule has 0 aromatic carbocycles. The highest BCUT2D eigenvalue weighted by molar-refractivity contribution is 5.67. The highest BCUT2D eigenvalue weighted by Gasteiger charge is 2.45. The van der Waals surface area contributed by atoms with Crippen LogP contribution in [0, 0.1) is 0 Å². The number of furan rings is 1. The van der Waals surface area contributed by atoms with Crippen molar-refractivity contribution in [3.05, 3.63) is 12.3 Å². The van der Waals surface area contributed by atoms with Crippen molar-refractivity contribution in [2.24, 2.45) is 0 Å². The average Bonchev–Trinajstić information content (AvgIpc) is 2.63. The van der Waals surface area contributed by atoms with Crippen LogP contribution in [-0.4, -0.2) is 12.1 Å². The SMILES string of the molecule is c1cc2c(o1)NC1(CC1)CN2. The Bertz CT molecular complexity index is 288. The molecule has 0 saturated heterocycles. The predicted octanol–water partition coefficient (Wildman–Crippen LogP) is 1.65. The van der Waals surface area contributed by atoms with Gasteiger partial charge in [-0.3, -0.25) is 0 Å². The fraction of sp³-hybridized carbons (Fsp3) is 0.500. The molecule has 1 aliphatic heterocycles. The van der Waals surface area contributed by atoms with E-state index in [4.69, 9.17) is 4.42 Å². The monoisotopic (exact) mass is 150 g/mol. The van der Waals surface area contributed by atoms with Crippen molar-refractivity contribution in [1.82, 2.24) is 0 Å². The van der Waals surface area contributed by atoms with E-state index in [9.17, 15) is 0 Å². The van der Waals surface area contributed by atoms with E-state index < -0.39 is 0 Å². The molecular weight excluding hydrogens is 140 g/mol. The second-order valence-electron chi connectivity index (χ2n) is 3.42. The average molecular weight is 150 g/mol. The highest BCUT2D eigenvalue weighted by Crippen LogP contribution is 2.44. The summed E-state index contributed by atoms with van der Waals surface area (Å²) in [4.78, 5) is 0. The molecule has 58 valence electrons. The summed E-state index contributed by atoms with van der Waals surface area (Å²) < 4.78 is 5.26. The number of hydrogen-bond donors (Lipinski definition) is 2. The van der Waals surface area contributed by atoms with Gasteiger partial charge < -0.3 is 15.1 Å². The molecule has 1 aliphatic carbocycles. The minimum Gasteiger partial charge on any atom is -0.447 e. The van der Waals surface area contributed by atoms with Crippen molar-refractivity contribution in [1.29, 1.82) is 0 Å². The van der Waals surface area contributed by atoms with Crippen LogP contribution < -0.4 is 10.6 Å². The fourth-order valence-corrected chi connectivity index (χ4v) is 1.55. The molecule has 1 aromatic rings. The van der Waals surface area contributed by atoms with Gasteiger partial charge in [-0.1, -0.05) is 0 Å². The van der Waals surface area contributed by atoms with Crippen LogP contribution in [0.3, 0.4) is 0 Å². The maximum absolute atomic E-state index is 5.26. The Morgan fingerprint density at radius 3 is 3.18 bits per heavy atom. The van der Waals surface area contributed by atoms with Crippen molar-refractivity contribution in [3.63, 3.8) is 0 Å². The van der Waals surface area contributed by atoms with E-state index in [1.165, 1.54) is 12.8 Å². The molecule has 11 heavy (non-hydrogen) atoms. The number of nitrogens with one attached hydrogen (secondary N) is 2. The molecule has 0 atom stereocenters. The number of hydrogen-bond acceptors (Lipinski definition) is 3. The van der Waals surface area contributed by atoms with Crippen LogP contribution in [-0.2, 0) is 0 Å². The van der Waals surface area contributed by atoms with Gasteiger partial charge in [0, 0.05) is 12.6 Å². The van der Waals surface area contributed by atoms with Crippen LogP contribution in [0.5, 0.6) is 0 Å². The molecule has 1 aromatic heterocycles. The Kier molecular flexibility index (Phi) is 0.776. The third-order valence-electron chi connectivity index (χ3n) is 2.51. The highest BCUT2D eigenvalue weighted by atomic mass is 16.3. The van der Waals surface area contributed by atoms with Gasteiger partial charge in [0.15, 0.2) is 0 Å². The standard InChI is InChI=1S/C8H10N2O/c1-4-11-7-6(1)9-5-8(10-7)2-3-8/h1,4,9-10H,2-3,5H2. The van der Waals surface area contributed by atoms with Gasteiger partial charge in [-0.2, -0.15) is 0 Å². The lowest BCUT2D eigenvalue weighted by molar-refractivity contribution is 0.559. The summed E-state index contributed by atoms with van der Waals surface area (Å²) in [7, 11) is 0. The number of rotatable bonds is 0. The number of anilines is 2. The summed E-state index contributed by atoms with van der Waals surface area (Å²) in [5, 5.41) is 6.74. The minimum atomic E-state index is 0.338. The van der Waals surface area contributed by atoms with Gasteiger partial charge in [0.1, 0.15) is 0 Å². The lowest BCUT2D eigenvalue weighted by Gasteiger charge is -2.24. The van der Waals surface area contributed by atoms with E-state index in [1.807, 2.05) is 6.07 Å². The zero-order chi connectivity index (χ0) is 7.31. The Morgan fingerprint density at radius 2 is 2.36 bits per heavy atom. The first-order chi connectivity index (χ1) is 5.38. The molecular formula is C8H10N2O. The van der Waals surface area contributed by atoms with Gasteiger partial charge >= 0.3 is 0 Å². The van der Waals surface area contributed by atoms with Gasteiger partial charge in [-0.05, 0) is 12.8 Å². The second-order valence-corrected chi connectivity index (χ2v) is 3.42. The summed E-state index contributed by atoms with van der Waals surface area (Å²) in [6.45, 7) is 1.04. The van der Waals surface area contributed by atoms with Gasteiger partial charge in [0.25, 0.3) is 0 Å². The molecule has 1 saturated carbocycles. The zero-order valence-corrected chi connectivity index (χ0v) is 6.18. The summed E-state index contributed by atoms with van der Waals surface area (Å²) in [6, 6.07) is 1.96. The summed E-state index contributed by atoms with van der Waals surface area (Å²) in [6.07, 6.45) is 4.24. The molecule has 1 spiro atoms. The van der Waals surface area contributed by atoms with Crippen LogP contribution >= 0.6 is 0 Å². The van der Waals surface area contributed by atoms with Crippen molar-refractivity contribution in [2.45, 2.75) is 18.4 Å². The predicted molar refractivity (Wildman–Crippen MR) is 42.8 cm³/mol. The molecule has 1 fully saturated rings. The lowest BCUT2D eigenvalue weighted by atomic mass is 10.2. The Morgan fingerprint density at radius 1 is 1.45 bits per heavy atom. The molecule has 3 nitrogen and oxygen atoms in total. The van der Waals surface area contributed by atoms with Crippen molar-refractivity contribution >= 4 is 11.6 Å². The van der Waals surface area contributed by atoms with Crippen molar-refractivity contribution in [2.75, 3.05) is 17.2 Å². The van der Waals surface area contributed by atoms with Crippen LogP contribution in [0.15, 0.2) is 16.7 Å². The fourth-order valence-electron chi connectivity index (χ4n) is 1.55. The van der Waals surface area contributed by atoms with Crippen LogP contribution in [0.2, 0.25) is 0 Å². The molecule has 0 amide bonds. The third kappa shape index (κ3) is 0.679. The van der Waals surface area contributed by atoms with E-state index in [2.05, 4.69) is 10.6 Å².